The van der Waals surface area contributed by atoms with Gasteiger partial charge in [-0.15, -0.1) is 0 Å². The zero-order valence-corrected chi connectivity index (χ0v) is 26.8. The lowest BCUT2D eigenvalue weighted by atomic mass is 9.70. The van der Waals surface area contributed by atoms with Crippen LogP contribution in [-0.4, -0.2) is 14.3 Å². The molecule has 35 heavy (non-hydrogen) atoms. The minimum atomic E-state index is -0.945. The molecule has 0 amide bonds. The van der Waals surface area contributed by atoms with Crippen LogP contribution in [0.4, 0.5) is 0 Å². The van der Waals surface area contributed by atoms with E-state index in [-0.39, 0.29) is 5.41 Å². The molecule has 0 bridgehead atoms. The van der Waals surface area contributed by atoms with Crippen LogP contribution in [0.15, 0.2) is 45.8 Å². The molecule has 0 radical (unpaired) electrons. The Morgan fingerprint density at radius 3 is 2.26 bits per heavy atom. The summed E-state index contributed by atoms with van der Waals surface area (Å²) in [4.78, 5) is 1.10. The Morgan fingerprint density at radius 1 is 1.00 bits per heavy atom. The first-order chi connectivity index (χ1) is 16.4. The van der Waals surface area contributed by atoms with Gasteiger partial charge in [-0.1, -0.05) is 87.4 Å². The quantitative estimate of drug-likeness (QED) is 0.0994. The highest BCUT2D eigenvalue weighted by Crippen LogP contribution is 2.55. The lowest BCUT2D eigenvalue weighted by Crippen LogP contribution is -2.43. The minimum Gasteiger partial charge on any atom is -0.387 e. The maximum absolute atomic E-state index is 10.5. The van der Waals surface area contributed by atoms with E-state index >= 15 is 0 Å². The van der Waals surface area contributed by atoms with Crippen molar-refractivity contribution in [3.63, 3.8) is 0 Å². The second kappa shape index (κ2) is 12.2. The Labute approximate surface area is 239 Å². The third-order valence-electron chi connectivity index (χ3n) is 7.89. The van der Waals surface area contributed by atoms with E-state index in [0.717, 1.165) is 15.3 Å². The van der Waals surface area contributed by atoms with Crippen LogP contribution in [0, 0.1) is 5.92 Å². The SMILES string of the molecule is CCCCCC1(CCCC(C)CC)c2cc(Br)ccc2-c2ccc(SOC(C)(I)C(C)(C)O)cc21. The number of benzene rings is 2. The first kappa shape index (κ1) is 29.5. The molecule has 2 nitrogen and oxygen atoms in total. The second-order valence-corrected chi connectivity index (χ2v) is 14.8. The summed E-state index contributed by atoms with van der Waals surface area (Å²) in [6.07, 6.45) is 9.87. The molecule has 3 atom stereocenters. The van der Waals surface area contributed by atoms with Gasteiger partial charge < -0.3 is 5.11 Å². The van der Waals surface area contributed by atoms with Crippen LogP contribution in [0.3, 0.4) is 0 Å². The van der Waals surface area contributed by atoms with Crippen LogP contribution in [-0.2, 0) is 9.60 Å². The Kier molecular flexibility index (Phi) is 10.3. The van der Waals surface area contributed by atoms with E-state index in [0.29, 0.717) is 0 Å². The Bertz CT molecular complexity index is 1000. The number of hydrogen-bond donors (Lipinski definition) is 1. The highest BCUT2D eigenvalue weighted by Gasteiger charge is 2.43. The average Bonchev–Trinajstić information content (AvgIpc) is 3.06. The molecule has 5 heteroatoms. The van der Waals surface area contributed by atoms with Gasteiger partial charge >= 0.3 is 0 Å². The van der Waals surface area contributed by atoms with Crippen molar-refractivity contribution in [3.05, 3.63) is 52.0 Å². The molecule has 3 rings (SSSR count). The molecule has 0 heterocycles. The molecule has 0 saturated carbocycles. The second-order valence-electron chi connectivity index (χ2n) is 11.0. The number of alkyl halides is 1. The molecule has 2 aromatic carbocycles. The predicted molar refractivity (Wildman–Crippen MR) is 163 cm³/mol. The van der Waals surface area contributed by atoms with Crippen LogP contribution in [0.25, 0.3) is 11.1 Å². The van der Waals surface area contributed by atoms with Gasteiger partial charge in [-0.05, 0) is 109 Å². The Balaban J connectivity index is 2.03. The van der Waals surface area contributed by atoms with Crippen molar-refractivity contribution < 1.29 is 9.29 Å². The summed E-state index contributed by atoms with van der Waals surface area (Å²) >= 11 is 7.37. The van der Waals surface area contributed by atoms with Gasteiger partial charge in [0.25, 0.3) is 0 Å². The van der Waals surface area contributed by atoms with E-state index < -0.39 is 9.21 Å². The van der Waals surface area contributed by atoms with E-state index in [1.54, 1.807) is 13.8 Å². The number of hydrogen-bond acceptors (Lipinski definition) is 3. The lowest BCUT2D eigenvalue weighted by molar-refractivity contribution is -0.0259. The smallest absolute Gasteiger partial charge is 0.159 e. The maximum Gasteiger partial charge on any atom is 0.159 e. The van der Waals surface area contributed by atoms with Gasteiger partial charge in [0.15, 0.2) is 3.61 Å². The summed E-state index contributed by atoms with van der Waals surface area (Å²) in [5.74, 6) is 0.768. The molecule has 194 valence electrons. The zero-order chi connectivity index (χ0) is 25.9. The lowest BCUT2D eigenvalue weighted by Gasteiger charge is -2.35. The van der Waals surface area contributed by atoms with Crippen molar-refractivity contribution in [1.82, 2.24) is 0 Å². The van der Waals surface area contributed by atoms with Crippen molar-refractivity contribution in [2.45, 2.75) is 112 Å². The monoisotopic (exact) mass is 672 g/mol. The van der Waals surface area contributed by atoms with Crippen molar-refractivity contribution in [3.8, 4) is 11.1 Å². The summed E-state index contributed by atoms with van der Waals surface area (Å²) in [5, 5.41) is 10.5. The molecule has 0 spiro atoms. The molecule has 0 aliphatic heterocycles. The fraction of sp³-hybridized carbons (Fsp3) is 0.600. The van der Waals surface area contributed by atoms with Crippen molar-refractivity contribution >= 4 is 50.6 Å². The van der Waals surface area contributed by atoms with E-state index in [1.807, 2.05) is 6.92 Å². The minimum absolute atomic E-state index is 0.0392. The van der Waals surface area contributed by atoms with Crippen molar-refractivity contribution in [1.29, 1.82) is 0 Å². The number of unbranched alkanes of at least 4 members (excludes halogenated alkanes) is 2. The van der Waals surface area contributed by atoms with Gasteiger partial charge in [0.2, 0.25) is 0 Å². The van der Waals surface area contributed by atoms with Gasteiger partial charge in [0.05, 0.1) is 5.60 Å². The predicted octanol–water partition coefficient (Wildman–Crippen LogP) is 10.5. The standard InChI is InChI=1S/C30H42BrIO2S/c1-7-9-10-17-30(18-11-12-21(3)8-2)26-19-22(31)13-15-24(26)25-16-14-23(20-27(25)30)35-34-29(6,32)28(4,5)33/h13-16,19-21,33H,7-12,17-18H2,1-6H3. The third kappa shape index (κ3) is 6.68. The fourth-order valence-corrected chi connectivity index (χ4v) is 6.40. The number of rotatable bonds is 13. The molecular weight excluding hydrogens is 631 g/mol. The summed E-state index contributed by atoms with van der Waals surface area (Å²) < 4.78 is 6.64. The molecule has 1 aliphatic rings. The largest absolute Gasteiger partial charge is 0.387 e. The highest BCUT2D eigenvalue weighted by atomic mass is 127. The molecule has 0 saturated heterocycles. The van der Waals surface area contributed by atoms with Gasteiger partial charge in [-0.2, -0.15) is 0 Å². The summed E-state index contributed by atoms with van der Waals surface area (Å²) in [6.45, 7) is 12.5. The number of halogens is 2. The van der Waals surface area contributed by atoms with E-state index in [4.69, 9.17) is 4.18 Å². The van der Waals surface area contributed by atoms with Crippen LogP contribution < -0.4 is 0 Å². The molecule has 0 aromatic heterocycles. The molecule has 0 fully saturated rings. The third-order valence-corrected chi connectivity index (χ3v) is 11.1. The normalized spacial score (nSPS) is 19.8. The number of aliphatic hydroxyl groups is 1. The van der Waals surface area contributed by atoms with Gasteiger partial charge in [0.1, 0.15) is 0 Å². The Morgan fingerprint density at radius 2 is 1.63 bits per heavy atom. The fourth-order valence-electron chi connectivity index (χ4n) is 5.02. The average molecular weight is 674 g/mol. The highest BCUT2D eigenvalue weighted by molar-refractivity contribution is 14.1. The maximum atomic E-state index is 10.5. The van der Waals surface area contributed by atoms with Crippen molar-refractivity contribution in [2.75, 3.05) is 0 Å². The van der Waals surface area contributed by atoms with Crippen LogP contribution in [0.1, 0.15) is 104 Å². The van der Waals surface area contributed by atoms with Crippen LogP contribution in [0.2, 0.25) is 0 Å². The first-order valence-corrected chi connectivity index (χ1v) is 15.8. The first-order valence-electron chi connectivity index (χ1n) is 13.2. The van der Waals surface area contributed by atoms with Gasteiger partial charge in [-0.25, -0.2) is 0 Å². The molecule has 3 unspecified atom stereocenters. The molecule has 1 aliphatic carbocycles. The van der Waals surface area contributed by atoms with Crippen LogP contribution in [0.5, 0.6) is 0 Å². The summed E-state index contributed by atoms with van der Waals surface area (Å²) in [6, 6.07) is 13.7. The summed E-state index contributed by atoms with van der Waals surface area (Å²) in [5.41, 5.74) is 4.79. The molecule has 1 N–H and O–H groups in total. The van der Waals surface area contributed by atoms with Crippen LogP contribution >= 0.6 is 50.6 Å². The zero-order valence-electron chi connectivity index (χ0n) is 22.2. The van der Waals surface area contributed by atoms with Gasteiger partial charge in [-0.3, -0.25) is 4.18 Å². The number of fused-ring (bicyclic) bond motifs is 3. The topological polar surface area (TPSA) is 29.5 Å². The van der Waals surface area contributed by atoms with E-state index in [9.17, 15) is 5.11 Å². The summed E-state index contributed by atoms with van der Waals surface area (Å²) in [7, 11) is 0. The van der Waals surface area contributed by atoms with E-state index in [1.165, 1.54) is 85.7 Å². The Hall–Kier alpha value is -0.0800. The van der Waals surface area contributed by atoms with E-state index in [2.05, 4.69) is 95.7 Å². The molecule has 2 aromatic rings. The van der Waals surface area contributed by atoms with Crippen molar-refractivity contribution in [2.24, 2.45) is 5.92 Å². The molecular formula is C30H42BrIO2S. The van der Waals surface area contributed by atoms with Gasteiger partial charge in [0, 0.05) is 26.8 Å².